The fourth-order valence-electron chi connectivity index (χ4n) is 3.39. The number of urea groups is 1. The molecule has 0 radical (unpaired) electrons. The molecule has 2 aliphatic rings. The number of nitrogens with zero attached hydrogens (tertiary/aromatic N) is 1. The first-order valence-electron chi connectivity index (χ1n) is 8.84. The molecule has 2 fully saturated rings. The predicted octanol–water partition coefficient (Wildman–Crippen LogP) is 1.94. The Balaban J connectivity index is 1.38. The Morgan fingerprint density at radius 3 is 2.54 bits per heavy atom. The summed E-state index contributed by atoms with van der Waals surface area (Å²) in [7, 11) is 0. The number of carbonyl (C=O) groups is 2. The fraction of sp³-hybridized carbons (Fsp3) is 0.556. The average Bonchev–Trinajstić information content (AvgIpc) is 3.09. The summed E-state index contributed by atoms with van der Waals surface area (Å²) < 4.78 is 0. The average molecular weight is 330 g/mol. The number of benzene rings is 1. The normalized spacial score (nSPS) is 21.5. The van der Waals surface area contributed by atoms with E-state index in [0.717, 1.165) is 37.9 Å². The van der Waals surface area contributed by atoms with E-state index in [1.165, 1.54) is 0 Å². The molecular formula is C18H26N4O2. The highest BCUT2D eigenvalue weighted by atomic mass is 16.2. The summed E-state index contributed by atoms with van der Waals surface area (Å²) in [4.78, 5) is 26.1. The largest absolute Gasteiger partial charge is 0.353 e. The molecule has 130 valence electrons. The molecule has 3 N–H and O–H groups in total. The number of hydrogen-bond acceptors (Lipinski definition) is 3. The van der Waals surface area contributed by atoms with E-state index in [1.807, 2.05) is 35.2 Å². The Bertz CT molecular complexity index is 549. The minimum absolute atomic E-state index is 0.0684. The molecule has 1 atom stereocenters. The van der Waals surface area contributed by atoms with Crippen molar-refractivity contribution in [2.75, 3.05) is 25.0 Å². The Kier molecular flexibility index (Phi) is 5.69. The topological polar surface area (TPSA) is 73.5 Å². The van der Waals surface area contributed by atoms with E-state index in [-0.39, 0.29) is 18.0 Å². The second-order valence-corrected chi connectivity index (χ2v) is 6.62. The van der Waals surface area contributed by atoms with Crippen molar-refractivity contribution < 1.29 is 9.59 Å². The molecule has 3 amide bonds. The van der Waals surface area contributed by atoms with Crippen LogP contribution < -0.4 is 16.0 Å². The molecule has 1 aromatic carbocycles. The van der Waals surface area contributed by atoms with Crippen molar-refractivity contribution in [3.8, 4) is 0 Å². The summed E-state index contributed by atoms with van der Waals surface area (Å²) in [6, 6.07) is 9.92. The van der Waals surface area contributed by atoms with Gasteiger partial charge in [-0.2, -0.15) is 0 Å². The van der Waals surface area contributed by atoms with E-state index < -0.39 is 0 Å². The molecule has 24 heavy (non-hydrogen) atoms. The van der Waals surface area contributed by atoms with Crippen molar-refractivity contribution in [1.82, 2.24) is 15.5 Å². The molecule has 6 heteroatoms. The van der Waals surface area contributed by atoms with Crippen molar-refractivity contribution in [3.05, 3.63) is 30.3 Å². The predicted molar refractivity (Wildman–Crippen MR) is 93.8 cm³/mol. The molecule has 2 saturated heterocycles. The van der Waals surface area contributed by atoms with Gasteiger partial charge >= 0.3 is 6.03 Å². The van der Waals surface area contributed by atoms with Gasteiger partial charge < -0.3 is 20.9 Å². The third-order valence-corrected chi connectivity index (χ3v) is 4.77. The van der Waals surface area contributed by atoms with Crippen molar-refractivity contribution in [2.24, 2.45) is 0 Å². The zero-order valence-corrected chi connectivity index (χ0v) is 14.0. The number of hydrogen-bond donors (Lipinski definition) is 3. The van der Waals surface area contributed by atoms with Gasteiger partial charge in [0.05, 0.1) is 0 Å². The molecule has 0 spiro atoms. The smallest absolute Gasteiger partial charge is 0.321 e. The Labute approximate surface area is 143 Å². The molecule has 0 aromatic heterocycles. The minimum Gasteiger partial charge on any atom is -0.353 e. The van der Waals surface area contributed by atoms with Crippen LogP contribution in [-0.4, -0.2) is 48.6 Å². The number of rotatable bonds is 4. The fourth-order valence-corrected chi connectivity index (χ4v) is 3.39. The summed E-state index contributed by atoms with van der Waals surface area (Å²) in [6.07, 6.45) is 4.44. The summed E-state index contributed by atoms with van der Waals surface area (Å²) >= 11 is 0. The molecule has 0 aliphatic carbocycles. The second kappa shape index (κ2) is 8.15. The van der Waals surface area contributed by atoms with Crippen LogP contribution in [0.25, 0.3) is 0 Å². The molecule has 1 aromatic rings. The van der Waals surface area contributed by atoms with E-state index in [9.17, 15) is 9.59 Å². The Morgan fingerprint density at radius 1 is 1.12 bits per heavy atom. The van der Waals surface area contributed by atoms with Crippen LogP contribution in [0.5, 0.6) is 0 Å². The van der Waals surface area contributed by atoms with Crippen molar-refractivity contribution >= 4 is 17.6 Å². The van der Waals surface area contributed by atoms with Gasteiger partial charge in [-0.3, -0.25) is 4.79 Å². The van der Waals surface area contributed by atoms with Crippen LogP contribution in [0.3, 0.4) is 0 Å². The highest BCUT2D eigenvalue weighted by Gasteiger charge is 2.25. The molecule has 0 saturated carbocycles. The third kappa shape index (κ3) is 4.71. The lowest BCUT2D eigenvalue weighted by Crippen LogP contribution is -2.48. The number of para-hydroxylation sites is 1. The van der Waals surface area contributed by atoms with Gasteiger partial charge in [0.1, 0.15) is 0 Å². The van der Waals surface area contributed by atoms with E-state index >= 15 is 0 Å². The second-order valence-electron chi connectivity index (χ2n) is 6.62. The molecule has 6 nitrogen and oxygen atoms in total. The van der Waals surface area contributed by atoms with Gasteiger partial charge in [0, 0.05) is 37.3 Å². The van der Waals surface area contributed by atoms with Crippen LogP contribution in [-0.2, 0) is 4.79 Å². The van der Waals surface area contributed by atoms with Crippen LogP contribution in [0.4, 0.5) is 10.5 Å². The molecule has 2 heterocycles. The SMILES string of the molecule is O=C(CC1CCCN1)NC1CCN(C(=O)Nc2ccccc2)CC1. The molecule has 3 rings (SSSR count). The van der Waals surface area contributed by atoms with Gasteiger partial charge in [-0.1, -0.05) is 18.2 Å². The molecule has 1 unspecified atom stereocenters. The van der Waals surface area contributed by atoms with E-state index in [0.29, 0.717) is 25.6 Å². The van der Waals surface area contributed by atoms with E-state index in [4.69, 9.17) is 0 Å². The maximum Gasteiger partial charge on any atom is 0.321 e. The Hall–Kier alpha value is -2.08. The van der Waals surface area contributed by atoms with Gasteiger partial charge in [-0.25, -0.2) is 4.79 Å². The number of piperidine rings is 1. The lowest BCUT2D eigenvalue weighted by atomic mass is 10.0. The van der Waals surface area contributed by atoms with Crippen LogP contribution in [0, 0.1) is 0 Å². The van der Waals surface area contributed by atoms with Gasteiger partial charge in [0.15, 0.2) is 0 Å². The lowest BCUT2D eigenvalue weighted by molar-refractivity contribution is -0.122. The van der Waals surface area contributed by atoms with E-state index in [2.05, 4.69) is 16.0 Å². The minimum atomic E-state index is -0.0684. The lowest BCUT2D eigenvalue weighted by Gasteiger charge is -2.32. The number of carbonyl (C=O) groups excluding carboxylic acids is 2. The van der Waals surface area contributed by atoms with Crippen LogP contribution in [0.2, 0.25) is 0 Å². The first kappa shape index (κ1) is 16.8. The van der Waals surface area contributed by atoms with Crippen LogP contribution >= 0.6 is 0 Å². The standard InChI is InChI=1S/C18H26N4O2/c23-17(13-16-7-4-10-19-16)20-15-8-11-22(12-9-15)18(24)21-14-5-2-1-3-6-14/h1-3,5-6,15-16,19H,4,7-13H2,(H,20,23)(H,21,24). The van der Waals surface area contributed by atoms with Crippen LogP contribution in [0.15, 0.2) is 30.3 Å². The van der Waals surface area contributed by atoms with Crippen molar-refractivity contribution in [1.29, 1.82) is 0 Å². The van der Waals surface area contributed by atoms with Gasteiger partial charge in [-0.15, -0.1) is 0 Å². The van der Waals surface area contributed by atoms with E-state index in [1.54, 1.807) is 0 Å². The highest BCUT2D eigenvalue weighted by Crippen LogP contribution is 2.14. The van der Waals surface area contributed by atoms with Crippen molar-refractivity contribution in [3.63, 3.8) is 0 Å². The monoisotopic (exact) mass is 330 g/mol. The number of likely N-dealkylation sites (tertiary alicyclic amines) is 1. The summed E-state index contributed by atoms with van der Waals surface area (Å²) in [5, 5.41) is 9.37. The zero-order chi connectivity index (χ0) is 16.8. The van der Waals surface area contributed by atoms with Crippen LogP contribution in [0.1, 0.15) is 32.1 Å². The summed E-state index contributed by atoms with van der Waals surface area (Å²) in [6.45, 7) is 2.36. The van der Waals surface area contributed by atoms with Crippen molar-refractivity contribution in [2.45, 2.75) is 44.2 Å². The Morgan fingerprint density at radius 2 is 1.88 bits per heavy atom. The van der Waals surface area contributed by atoms with Gasteiger partial charge in [-0.05, 0) is 44.4 Å². The zero-order valence-electron chi connectivity index (χ0n) is 14.0. The third-order valence-electron chi connectivity index (χ3n) is 4.77. The number of anilines is 1. The maximum absolute atomic E-state index is 12.2. The quantitative estimate of drug-likeness (QED) is 0.790. The summed E-state index contributed by atoms with van der Waals surface area (Å²) in [5.41, 5.74) is 0.807. The summed E-state index contributed by atoms with van der Waals surface area (Å²) in [5.74, 6) is 0.126. The molecule has 0 bridgehead atoms. The molecule has 2 aliphatic heterocycles. The first-order chi connectivity index (χ1) is 11.7. The van der Waals surface area contributed by atoms with Gasteiger partial charge in [0.2, 0.25) is 5.91 Å². The van der Waals surface area contributed by atoms with Gasteiger partial charge in [0.25, 0.3) is 0 Å². The maximum atomic E-state index is 12.2. The first-order valence-corrected chi connectivity index (χ1v) is 8.84. The highest BCUT2D eigenvalue weighted by molar-refractivity contribution is 5.89. The number of amides is 3. The number of nitrogens with one attached hydrogen (secondary N) is 3. The molecular weight excluding hydrogens is 304 g/mol.